The van der Waals surface area contributed by atoms with E-state index in [9.17, 15) is 0 Å². The molecule has 96 valence electrons. The van der Waals surface area contributed by atoms with E-state index in [0.29, 0.717) is 6.54 Å². The van der Waals surface area contributed by atoms with Gasteiger partial charge in [0, 0.05) is 18.7 Å². The Kier molecular flexibility index (Phi) is 3.27. The molecule has 2 rings (SSSR count). The Morgan fingerprint density at radius 3 is 2.82 bits per heavy atom. The summed E-state index contributed by atoms with van der Waals surface area (Å²) in [6.07, 6.45) is 3.61. The van der Waals surface area contributed by atoms with Crippen LogP contribution in [0.15, 0.2) is 10.8 Å². The molecule has 4 nitrogen and oxygen atoms in total. The SMILES string of the molecule is CC(C)(C)NCc1ncoc1C1(C)CCCO1. The van der Waals surface area contributed by atoms with Crippen LogP contribution in [0, 0.1) is 0 Å². The molecule has 1 atom stereocenters. The molecule has 2 heterocycles. The van der Waals surface area contributed by atoms with Crippen LogP contribution in [-0.4, -0.2) is 17.1 Å². The Balaban J connectivity index is 2.11. The van der Waals surface area contributed by atoms with Crippen molar-refractivity contribution >= 4 is 0 Å². The van der Waals surface area contributed by atoms with Gasteiger partial charge in [0.1, 0.15) is 5.60 Å². The van der Waals surface area contributed by atoms with E-state index >= 15 is 0 Å². The first kappa shape index (κ1) is 12.6. The highest BCUT2D eigenvalue weighted by atomic mass is 16.5. The molecule has 1 unspecified atom stereocenters. The van der Waals surface area contributed by atoms with Crippen molar-refractivity contribution in [1.82, 2.24) is 10.3 Å². The van der Waals surface area contributed by atoms with Crippen LogP contribution in [0.4, 0.5) is 0 Å². The minimum atomic E-state index is -0.286. The van der Waals surface area contributed by atoms with Crippen molar-refractivity contribution in [3.05, 3.63) is 17.8 Å². The summed E-state index contributed by atoms with van der Waals surface area (Å²) >= 11 is 0. The molecule has 17 heavy (non-hydrogen) atoms. The number of nitrogens with one attached hydrogen (secondary N) is 1. The minimum absolute atomic E-state index is 0.0770. The first-order valence-electron chi connectivity index (χ1n) is 6.23. The van der Waals surface area contributed by atoms with Gasteiger partial charge in [0.05, 0.1) is 5.69 Å². The van der Waals surface area contributed by atoms with Gasteiger partial charge in [0.15, 0.2) is 12.2 Å². The van der Waals surface area contributed by atoms with E-state index in [1.165, 1.54) is 6.39 Å². The molecule has 0 aliphatic carbocycles. The number of rotatable bonds is 3. The third kappa shape index (κ3) is 2.87. The van der Waals surface area contributed by atoms with Gasteiger partial charge in [-0.05, 0) is 40.5 Å². The second kappa shape index (κ2) is 4.42. The number of ether oxygens (including phenoxy) is 1. The van der Waals surface area contributed by atoms with Crippen molar-refractivity contribution in [3.63, 3.8) is 0 Å². The molecule has 1 aliphatic heterocycles. The van der Waals surface area contributed by atoms with Gasteiger partial charge in [0.25, 0.3) is 0 Å². The molecule has 1 aliphatic rings. The van der Waals surface area contributed by atoms with Crippen molar-refractivity contribution in [2.24, 2.45) is 0 Å². The molecule has 1 aromatic heterocycles. The Bertz CT molecular complexity index is 373. The number of hydrogen-bond acceptors (Lipinski definition) is 4. The van der Waals surface area contributed by atoms with Crippen LogP contribution < -0.4 is 5.32 Å². The molecule has 4 heteroatoms. The summed E-state index contributed by atoms with van der Waals surface area (Å²) in [5.74, 6) is 0.881. The number of aromatic nitrogens is 1. The predicted octanol–water partition coefficient (Wildman–Crippen LogP) is 2.59. The van der Waals surface area contributed by atoms with Gasteiger partial charge in [-0.15, -0.1) is 0 Å². The third-order valence-corrected chi connectivity index (χ3v) is 3.13. The molecule has 0 radical (unpaired) electrons. The quantitative estimate of drug-likeness (QED) is 0.879. The molecule has 0 saturated carbocycles. The average molecular weight is 238 g/mol. The summed E-state index contributed by atoms with van der Waals surface area (Å²) < 4.78 is 11.3. The monoisotopic (exact) mass is 238 g/mol. The molecule has 1 N–H and O–H groups in total. The van der Waals surface area contributed by atoms with E-state index in [1.807, 2.05) is 0 Å². The van der Waals surface area contributed by atoms with Crippen LogP contribution in [0.5, 0.6) is 0 Å². The fourth-order valence-electron chi connectivity index (χ4n) is 2.13. The molecule has 1 aromatic rings. The predicted molar refractivity (Wildman–Crippen MR) is 65.6 cm³/mol. The van der Waals surface area contributed by atoms with Crippen molar-refractivity contribution in [2.75, 3.05) is 6.61 Å². The van der Waals surface area contributed by atoms with E-state index in [4.69, 9.17) is 9.15 Å². The lowest BCUT2D eigenvalue weighted by atomic mass is 9.97. The minimum Gasteiger partial charge on any atom is -0.445 e. The van der Waals surface area contributed by atoms with Gasteiger partial charge in [0.2, 0.25) is 0 Å². The zero-order valence-electron chi connectivity index (χ0n) is 11.2. The van der Waals surface area contributed by atoms with Crippen LogP contribution in [0.3, 0.4) is 0 Å². The second-order valence-electron chi connectivity index (χ2n) is 5.91. The maximum atomic E-state index is 5.80. The highest BCUT2D eigenvalue weighted by molar-refractivity contribution is 5.16. The van der Waals surface area contributed by atoms with Crippen molar-refractivity contribution < 1.29 is 9.15 Å². The molecular weight excluding hydrogens is 216 g/mol. The maximum absolute atomic E-state index is 5.80. The highest BCUT2D eigenvalue weighted by Crippen LogP contribution is 2.37. The zero-order chi connectivity index (χ0) is 12.5. The van der Waals surface area contributed by atoms with E-state index in [-0.39, 0.29) is 11.1 Å². The number of oxazole rings is 1. The largest absolute Gasteiger partial charge is 0.445 e. The Hall–Kier alpha value is -0.870. The fraction of sp³-hybridized carbons (Fsp3) is 0.769. The Morgan fingerprint density at radius 2 is 2.24 bits per heavy atom. The lowest BCUT2D eigenvalue weighted by Crippen LogP contribution is -2.36. The lowest BCUT2D eigenvalue weighted by Gasteiger charge is -2.23. The van der Waals surface area contributed by atoms with Crippen molar-refractivity contribution in [1.29, 1.82) is 0 Å². The van der Waals surface area contributed by atoms with Crippen LogP contribution in [0.25, 0.3) is 0 Å². The number of hydrogen-bond donors (Lipinski definition) is 1. The summed E-state index contributed by atoms with van der Waals surface area (Å²) in [6.45, 7) is 10.0. The maximum Gasteiger partial charge on any atom is 0.181 e. The first-order chi connectivity index (χ1) is 7.91. The molecule has 0 bridgehead atoms. The van der Waals surface area contributed by atoms with Crippen LogP contribution >= 0.6 is 0 Å². The van der Waals surface area contributed by atoms with E-state index in [2.05, 4.69) is 38.0 Å². The topological polar surface area (TPSA) is 47.3 Å². The molecule has 0 aromatic carbocycles. The standard InChI is InChI=1S/C13H22N2O2/c1-12(2,3)15-8-10-11(16-9-14-10)13(4)6-5-7-17-13/h9,15H,5-8H2,1-4H3. The first-order valence-corrected chi connectivity index (χ1v) is 6.23. The number of nitrogens with zero attached hydrogens (tertiary/aromatic N) is 1. The normalized spacial score (nSPS) is 25.4. The van der Waals surface area contributed by atoms with E-state index < -0.39 is 0 Å². The van der Waals surface area contributed by atoms with Gasteiger partial charge in [-0.3, -0.25) is 0 Å². The average Bonchev–Trinajstić information content (AvgIpc) is 2.82. The van der Waals surface area contributed by atoms with Crippen LogP contribution in [0.2, 0.25) is 0 Å². The lowest BCUT2D eigenvalue weighted by molar-refractivity contribution is -0.00191. The third-order valence-electron chi connectivity index (χ3n) is 3.13. The summed E-state index contributed by atoms with van der Waals surface area (Å²) in [6, 6.07) is 0. The Morgan fingerprint density at radius 1 is 1.47 bits per heavy atom. The molecular formula is C13H22N2O2. The summed E-state index contributed by atoms with van der Waals surface area (Å²) in [4.78, 5) is 4.30. The fourth-order valence-corrected chi connectivity index (χ4v) is 2.13. The van der Waals surface area contributed by atoms with Crippen molar-refractivity contribution in [2.45, 2.75) is 58.2 Å². The second-order valence-corrected chi connectivity index (χ2v) is 5.91. The van der Waals surface area contributed by atoms with Gasteiger partial charge in [-0.1, -0.05) is 0 Å². The van der Waals surface area contributed by atoms with E-state index in [0.717, 1.165) is 30.9 Å². The van der Waals surface area contributed by atoms with Gasteiger partial charge in [-0.25, -0.2) is 4.98 Å². The summed E-state index contributed by atoms with van der Waals surface area (Å²) in [7, 11) is 0. The molecule has 0 spiro atoms. The van der Waals surface area contributed by atoms with Gasteiger partial charge < -0.3 is 14.5 Å². The van der Waals surface area contributed by atoms with Gasteiger partial charge in [-0.2, -0.15) is 0 Å². The zero-order valence-corrected chi connectivity index (χ0v) is 11.2. The highest BCUT2D eigenvalue weighted by Gasteiger charge is 2.37. The van der Waals surface area contributed by atoms with Crippen molar-refractivity contribution in [3.8, 4) is 0 Å². The summed E-state index contributed by atoms with van der Waals surface area (Å²) in [5, 5.41) is 3.43. The molecule has 1 fully saturated rings. The van der Waals surface area contributed by atoms with E-state index in [1.54, 1.807) is 0 Å². The molecule has 1 saturated heterocycles. The summed E-state index contributed by atoms with van der Waals surface area (Å²) in [5.41, 5.74) is 0.753. The van der Waals surface area contributed by atoms with Crippen LogP contribution in [-0.2, 0) is 16.9 Å². The van der Waals surface area contributed by atoms with Gasteiger partial charge >= 0.3 is 0 Å². The molecule has 0 amide bonds. The Labute approximate surface area is 103 Å². The van der Waals surface area contributed by atoms with Crippen LogP contribution in [0.1, 0.15) is 52.0 Å². The smallest absolute Gasteiger partial charge is 0.181 e.